The molecule has 120 valence electrons. The van der Waals surface area contributed by atoms with Crippen molar-refractivity contribution in [3.05, 3.63) is 95.5 Å². The Morgan fingerprint density at radius 1 is 0.708 bits per heavy atom. The topological polar surface area (TPSA) is 9.23 Å². The highest BCUT2D eigenvalue weighted by molar-refractivity contribution is 8.33. The van der Waals surface area contributed by atoms with Gasteiger partial charge in [-0.05, 0) is 40.3 Å². The minimum absolute atomic E-state index is 0.891. The van der Waals surface area contributed by atoms with Gasteiger partial charge < -0.3 is 4.74 Å². The molecule has 2 heterocycles. The van der Waals surface area contributed by atoms with Crippen molar-refractivity contribution in [3.63, 3.8) is 0 Å². The highest BCUT2D eigenvalue weighted by Gasteiger charge is 2.27. The van der Waals surface area contributed by atoms with Crippen LogP contribution in [0, 0.1) is 0 Å². The van der Waals surface area contributed by atoms with Crippen LogP contribution >= 0.6 is 47.0 Å². The molecule has 0 amide bonds. The number of benzene rings is 2. The van der Waals surface area contributed by atoms with Gasteiger partial charge in [0.05, 0.1) is 8.47 Å². The highest BCUT2D eigenvalue weighted by atomic mass is 32.2. The van der Waals surface area contributed by atoms with Crippen molar-refractivity contribution in [1.82, 2.24) is 0 Å². The predicted octanol–water partition coefficient (Wildman–Crippen LogP) is 7.04. The Balaban J connectivity index is 1.60. The number of para-hydroxylation sites is 1. The lowest BCUT2D eigenvalue weighted by Gasteiger charge is -2.07. The molecule has 0 saturated carbocycles. The summed E-state index contributed by atoms with van der Waals surface area (Å²) in [5.74, 6) is 0.891. The standard InChI is InChI=1S/C19H14OS4/c1-3-7-14(8-4-1)13-16-17(20-15-9-5-2-6-10-15)24-19(23-16)18-21-11-12-22-18/h1-12H,13H2. The minimum atomic E-state index is 0.891. The molecular weight excluding hydrogens is 372 g/mol. The van der Waals surface area contributed by atoms with Crippen LogP contribution in [0.3, 0.4) is 0 Å². The molecule has 0 saturated heterocycles. The summed E-state index contributed by atoms with van der Waals surface area (Å²) in [5.41, 5.74) is 1.31. The van der Waals surface area contributed by atoms with E-state index in [1.807, 2.05) is 42.1 Å². The Labute approximate surface area is 159 Å². The molecule has 0 fully saturated rings. The summed E-state index contributed by atoms with van der Waals surface area (Å²) in [7, 11) is 0. The number of hydrogen-bond donors (Lipinski definition) is 0. The van der Waals surface area contributed by atoms with Gasteiger partial charge in [0.25, 0.3) is 0 Å². The summed E-state index contributed by atoms with van der Waals surface area (Å²) in [6, 6.07) is 20.6. The Bertz CT molecular complexity index is 744. The maximum atomic E-state index is 6.20. The van der Waals surface area contributed by atoms with Crippen LogP contribution < -0.4 is 4.74 Å². The first-order valence-corrected chi connectivity index (χ1v) is 10.9. The highest BCUT2D eigenvalue weighted by Crippen LogP contribution is 2.57. The van der Waals surface area contributed by atoms with Crippen LogP contribution in [0.2, 0.25) is 0 Å². The van der Waals surface area contributed by atoms with Crippen LogP contribution in [0.25, 0.3) is 0 Å². The van der Waals surface area contributed by atoms with E-state index in [0.29, 0.717) is 0 Å². The van der Waals surface area contributed by atoms with E-state index in [1.165, 1.54) is 18.9 Å². The van der Waals surface area contributed by atoms with Gasteiger partial charge >= 0.3 is 0 Å². The molecule has 2 aliphatic heterocycles. The fourth-order valence-electron chi connectivity index (χ4n) is 2.26. The molecule has 24 heavy (non-hydrogen) atoms. The smallest absolute Gasteiger partial charge is 0.176 e. The maximum Gasteiger partial charge on any atom is 0.176 e. The van der Waals surface area contributed by atoms with Gasteiger partial charge in [-0.3, -0.25) is 0 Å². The number of allylic oxidation sites excluding steroid dienone is 1. The molecule has 0 radical (unpaired) electrons. The number of ether oxygens (including phenoxy) is 1. The second-order valence-electron chi connectivity index (χ2n) is 5.08. The zero-order valence-electron chi connectivity index (χ0n) is 12.7. The number of hydrogen-bond acceptors (Lipinski definition) is 5. The summed E-state index contributed by atoms with van der Waals surface area (Å²) < 4.78 is 8.87. The Hall–Kier alpha value is -1.14. The minimum Gasteiger partial charge on any atom is -0.449 e. The fourth-order valence-corrected chi connectivity index (χ4v) is 6.97. The van der Waals surface area contributed by atoms with E-state index in [4.69, 9.17) is 4.74 Å². The van der Waals surface area contributed by atoms with Crippen molar-refractivity contribution in [1.29, 1.82) is 0 Å². The van der Waals surface area contributed by atoms with Gasteiger partial charge in [-0.2, -0.15) is 0 Å². The van der Waals surface area contributed by atoms with Gasteiger partial charge in [0.2, 0.25) is 0 Å². The van der Waals surface area contributed by atoms with Gasteiger partial charge in [0.1, 0.15) is 5.75 Å². The molecule has 2 aromatic rings. The fraction of sp³-hybridized carbons (Fsp3) is 0.0526. The van der Waals surface area contributed by atoms with Crippen LogP contribution in [0.5, 0.6) is 5.75 Å². The quantitative estimate of drug-likeness (QED) is 0.556. The first-order valence-electron chi connectivity index (χ1n) is 7.47. The molecule has 0 aromatic heterocycles. The van der Waals surface area contributed by atoms with Gasteiger partial charge in [-0.25, -0.2) is 0 Å². The zero-order valence-corrected chi connectivity index (χ0v) is 15.9. The Morgan fingerprint density at radius 3 is 2.08 bits per heavy atom. The van der Waals surface area contributed by atoms with Crippen LogP contribution in [-0.2, 0) is 6.42 Å². The van der Waals surface area contributed by atoms with E-state index in [1.54, 1.807) is 35.3 Å². The van der Waals surface area contributed by atoms with Crippen molar-refractivity contribution in [2.45, 2.75) is 6.42 Å². The van der Waals surface area contributed by atoms with E-state index in [0.717, 1.165) is 17.3 Å². The average Bonchev–Trinajstić information content (AvgIpc) is 3.27. The predicted molar refractivity (Wildman–Crippen MR) is 111 cm³/mol. The zero-order chi connectivity index (χ0) is 16.2. The molecule has 1 nitrogen and oxygen atoms in total. The van der Waals surface area contributed by atoms with Gasteiger partial charge in [-0.1, -0.05) is 83.8 Å². The van der Waals surface area contributed by atoms with E-state index in [-0.39, 0.29) is 0 Å². The molecule has 0 atom stereocenters. The van der Waals surface area contributed by atoms with Crippen LogP contribution in [0.15, 0.2) is 90.0 Å². The number of rotatable bonds is 4. The molecular formula is C19H14OS4. The first kappa shape index (κ1) is 16.3. The normalized spacial score (nSPS) is 17.0. The molecule has 0 N–H and O–H groups in total. The molecule has 5 heteroatoms. The molecule has 0 spiro atoms. The van der Waals surface area contributed by atoms with Gasteiger partial charge in [0, 0.05) is 11.3 Å². The van der Waals surface area contributed by atoms with Crippen molar-refractivity contribution < 1.29 is 4.74 Å². The summed E-state index contributed by atoms with van der Waals surface area (Å²) in [6.07, 6.45) is 0.903. The van der Waals surface area contributed by atoms with E-state index in [2.05, 4.69) is 41.1 Å². The summed E-state index contributed by atoms with van der Waals surface area (Å²) in [4.78, 5) is 1.28. The largest absolute Gasteiger partial charge is 0.449 e. The lowest BCUT2D eigenvalue weighted by Crippen LogP contribution is -1.94. The molecule has 0 aliphatic carbocycles. The van der Waals surface area contributed by atoms with E-state index >= 15 is 0 Å². The average molecular weight is 387 g/mol. The van der Waals surface area contributed by atoms with Gasteiger partial charge in [-0.15, -0.1) is 0 Å². The SMILES string of the molecule is C1=CSC(=C2SC(Cc3ccccc3)=C(Oc3ccccc3)S2)S1. The Kier molecular flexibility index (Phi) is 5.33. The van der Waals surface area contributed by atoms with E-state index < -0.39 is 0 Å². The van der Waals surface area contributed by atoms with Gasteiger partial charge in [0.15, 0.2) is 5.09 Å². The molecule has 2 aliphatic rings. The third-order valence-electron chi connectivity index (χ3n) is 3.36. The Morgan fingerprint density at radius 2 is 1.38 bits per heavy atom. The second-order valence-corrected chi connectivity index (χ2v) is 9.51. The first-order chi connectivity index (χ1) is 11.9. The summed E-state index contributed by atoms with van der Waals surface area (Å²) in [5, 5.41) is 5.29. The lowest BCUT2D eigenvalue weighted by atomic mass is 10.1. The van der Waals surface area contributed by atoms with Crippen LogP contribution in [0.4, 0.5) is 0 Å². The molecule has 0 bridgehead atoms. The monoisotopic (exact) mass is 386 g/mol. The third-order valence-corrected chi connectivity index (χ3v) is 8.51. The van der Waals surface area contributed by atoms with Crippen molar-refractivity contribution in [2.75, 3.05) is 0 Å². The van der Waals surface area contributed by atoms with Crippen molar-refractivity contribution >= 4 is 47.0 Å². The van der Waals surface area contributed by atoms with Crippen LogP contribution in [-0.4, -0.2) is 0 Å². The lowest BCUT2D eigenvalue weighted by molar-refractivity contribution is 0.463. The second kappa shape index (κ2) is 7.83. The van der Waals surface area contributed by atoms with Crippen molar-refractivity contribution in [2.24, 2.45) is 0 Å². The molecule has 2 aromatic carbocycles. The number of thioether (sulfide) groups is 4. The van der Waals surface area contributed by atoms with E-state index in [9.17, 15) is 0 Å². The van der Waals surface area contributed by atoms with Crippen LogP contribution in [0.1, 0.15) is 5.56 Å². The summed E-state index contributed by atoms with van der Waals surface area (Å²) >= 11 is 7.18. The molecule has 0 unspecified atom stereocenters. The third kappa shape index (κ3) is 3.91. The molecule has 4 rings (SSSR count). The van der Waals surface area contributed by atoms with Crippen molar-refractivity contribution in [3.8, 4) is 5.75 Å². The summed E-state index contributed by atoms with van der Waals surface area (Å²) in [6.45, 7) is 0. The maximum absolute atomic E-state index is 6.20.